The molecule has 17 heavy (non-hydrogen) atoms. The Balaban J connectivity index is 2.05. The zero-order chi connectivity index (χ0) is 12.4. The molecule has 2 N–H and O–H groups in total. The first kappa shape index (κ1) is 12.9. The number of amides is 1. The monoisotopic (exact) mass is 316 g/mol. The normalized spacial score (nSPS) is 23.7. The van der Waals surface area contributed by atoms with Gasteiger partial charge in [0.05, 0.1) is 10.9 Å². The van der Waals surface area contributed by atoms with E-state index in [0.717, 1.165) is 23.2 Å². The zero-order valence-corrected chi connectivity index (χ0v) is 11.8. The molecule has 1 heterocycles. The highest BCUT2D eigenvalue weighted by atomic mass is 79.9. The molecule has 1 aromatic carbocycles. The minimum atomic E-state index is 0.0458. The highest BCUT2D eigenvalue weighted by molar-refractivity contribution is 9.10. The number of nitrogens with one attached hydrogen (secondary N) is 2. The first-order valence-electron chi connectivity index (χ1n) is 5.54. The molecule has 2 atom stereocenters. The molecule has 1 amide bonds. The molecule has 92 valence electrons. The number of carbonyl (C=O) groups is 1. The van der Waals surface area contributed by atoms with Crippen molar-refractivity contribution in [2.45, 2.75) is 6.92 Å². The zero-order valence-electron chi connectivity index (χ0n) is 9.47. The molecule has 1 aliphatic rings. The largest absolute Gasteiger partial charge is 0.326 e. The SMILES string of the molecule is CC1CNCC1C(=O)Nc1ccc(Cl)c(Br)c1. The van der Waals surface area contributed by atoms with Gasteiger partial charge in [0, 0.05) is 16.7 Å². The number of carbonyl (C=O) groups excluding carboxylic acids is 1. The average Bonchev–Trinajstić information content (AvgIpc) is 2.70. The molecule has 1 aromatic rings. The van der Waals surface area contributed by atoms with Crippen LogP contribution in [0.5, 0.6) is 0 Å². The van der Waals surface area contributed by atoms with Crippen LogP contribution < -0.4 is 10.6 Å². The summed E-state index contributed by atoms with van der Waals surface area (Å²) in [7, 11) is 0. The van der Waals surface area contributed by atoms with Crippen LogP contribution >= 0.6 is 27.5 Å². The third kappa shape index (κ3) is 3.00. The predicted octanol–water partition coefficient (Wildman–Crippen LogP) is 2.90. The number of benzene rings is 1. The lowest BCUT2D eigenvalue weighted by Crippen LogP contribution is -2.27. The summed E-state index contributed by atoms with van der Waals surface area (Å²) in [6, 6.07) is 5.38. The predicted molar refractivity (Wildman–Crippen MR) is 73.3 cm³/mol. The molecular formula is C12H14BrClN2O. The highest BCUT2D eigenvalue weighted by Crippen LogP contribution is 2.26. The molecule has 0 aromatic heterocycles. The maximum atomic E-state index is 12.0. The minimum absolute atomic E-state index is 0.0458. The van der Waals surface area contributed by atoms with E-state index in [4.69, 9.17) is 11.6 Å². The second kappa shape index (κ2) is 5.38. The Labute approximate surface area is 114 Å². The molecule has 3 nitrogen and oxygen atoms in total. The van der Waals surface area contributed by atoms with Crippen LogP contribution in [-0.2, 0) is 4.79 Å². The lowest BCUT2D eigenvalue weighted by molar-refractivity contribution is -0.120. The Morgan fingerprint density at radius 2 is 2.29 bits per heavy atom. The highest BCUT2D eigenvalue weighted by Gasteiger charge is 2.29. The summed E-state index contributed by atoms with van der Waals surface area (Å²) in [6.07, 6.45) is 0. The summed E-state index contributed by atoms with van der Waals surface area (Å²) >= 11 is 9.23. The van der Waals surface area contributed by atoms with Crippen LogP contribution in [0.1, 0.15) is 6.92 Å². The summed E-state index contributed by atoms with van der Waals surface area (Å²) in [6.45, 7) is 3.74. The van der Waals surface area contributed by atoms with Crippen LogP contribution in [0.4, 0.5) is 5.69 Å². The number of hydrogen-bond acceptors (Lipinski definition) is 2. The second-order valence-corrected chi connectivity index (χ2v) is 5.62. The van der Waals surface area contributed by atoms with Gasteiger partial charge < -0.3 is 10.6 Å². The Hall–Kier alpha value is -0.580. The fourth-order valence-corrected chi connectivity index (χ4v) is 2.47. The molecule has 1 fully saturated rings. The fourth-order valence-electron chi connectivity index (χ4n) is 1.97. The van der Waals surface area contributed by atoms with Crippen LogP contribution in [0.3, 0.4) is 0 Å². The maximum Gasteiger partial charge on any atom is 0.229 e. The van der Waals surface area contributed by atoms with Crippen molar-refractivity contribution in [3.8, 4) is 0 Å². The summed E-state index contributed by atoms with van der Waals surface area (Å²) in [5.41, 5.74) is 0.769. The molecule has 1 aliphatic heterocycles. The van der Waals surface area contributed by atoms with E-state index in [1.54, 1.807) is 12.1 Å². The Bertz CT molecular complexity index is 439. The molecule has 5 heteroatoms. The Kier molecular flexibility index (Phi) is 4.07. The van der Waals surface area contributed by atoms with Gasteiger partial charge >= 0.3 is 0 Å². The van der Waals surface area contributed by atoms with Gasteiger partial charge in [-0.15, -0.1) is 0 Å². The third-order valence-electron chi connectivity index (χ3n) is 3.04. The minimum Gasteiger partial charge on any atom is -0.326 e. The van der Waals surface area contributed by atoms with Gasteiger partial charge in [0.1, 0.15) is 0 Å². The first-order valence-corrected chi connectivity index (χ1v) is 6.71. The van der Waals surface area contributed by atoms with Gasteiger partial charge in [0.25, 0.3) is 0 Å². The fraction of sp³-hybridized carbons (Fsp3) is 0.417. The number of halogens is 2. The van der Waals surface area contributed by atoms with E-state index in [0.29, 0.717) is 10.9 Å². The van der Waals surface area contributed by atoms with E-state index in [-0.39, 0.29) is 11.8 Å². The van der Waals surface area contributed by atoms with Crippen molar-refractivity contribution >= 4 is 39.1 Å². The van der Waals surface area contributed by atoms with Crippen LogP contribution in [-0.4, -0.2) is 19.0 Å². The van der Waals surface area contributed by atoms with Gasteiger partial charge in [-0.3, -0.25) is 4.79 Å². The molecule has 0 spiro atoms. The van der Waals surface area contributed by atoms with E-state index in [2.05, 4.69) is 33.5 Å². The summed E-state index contributed by atoms with van der Waals surface area (Å²) < 4.78 is 0.787. The molecular weight excluding hydrogens is 304 g/mol. The van der Waals surface area contributed by atoms with Crippen molar-refractivity contribution in [2.75, 3.05) is 18.4 Å². The topological polar surface area (TPSA) is 41.1 Å². The van der Waals surface area contributed by atoms with Gasteiger partial charge in [0.15, 0.2) is 0 Å². The van der Waals surface area contributed by atoms with Crippen LogP contribution in [0, 0.1) is 11.8 Å². The molecule has 1 saturated heterocycles. The van der Waals surface area contributed by atoms with Crippen molar-refractivity contribution in [3.63, 3.8) is 0 Å². The molecule has 2 rings (SSSR count). The van der Waals surface area contributed by atoms with Crippen molar-refractivity contribution in [1.29, 1.82) is 0 Å². The van der Waals surface area contributed by atoms with Gasteiger partial charge in [-0.1, -0.05) is 18.5 Å². The first-order chi connectivity index (χ1) is 8.08. The van der Waals surface area contributed by atoms with Gasteiger partial charge in [-0.05, 0) is 46.6 Å². The number of hydrogen-bond donors (Lipinski definition) is 2. The summed E-state index contributed by atoms with van der Waals surface area (Å²) in [5.74, 6) is 0.493. The molecule has 0 bridgehead atoms. The molecule has 0 saturated carbocycles. The Morgan fingerprint density at radius 3 is 2.88 bits per heavy atom. The van der Waals surface area contributed by atoms with E-state index in [1.807, 2.05) is 6.07 Å². The lowest BCUT2D eigenvalue weighted by Gasteiger charge is -2.14. The van der Waals surface area contributed by atoms with Crippen molar-refractivity contribution < 1.29 is 4.79 Å². The smallest absolute Gasteiger partial charge is 0.229 e. The van der Waals surface area contributed by atoms with E-state index < -0.39 is 0 Å². The molecule has 2 unspecified atom stereocenters. The van der Waals surface area contributed by atoms with Gasteiger partial charge in [0.2, 0.25) is 5.91 Å². The van der Waals surface area contributed by atoms with Crippen LogP contribution in [0.25, 0.3) is 0 Å². The standard InChI is InChI=1S/C12H14BrClN2O/c1-7-5-15-6-9(7)12(17)16-8-2-3-11(14)10(13)4-8/h2-4,7,9,15H,5-6H2,1H3,(H,16,17). The number of anilines is 1. The average molecular weight is 318 g/mol. The van der Waals surface area contributed by atoms with Gasteiger partial charge in [-0.25, -0.2) is 0 Å². The Morgan fingerprint density at radius 1 is 1.53 bits per heavy atom. The van der Waals surface area contributed by atoms with E-state index in [1.165, 1.54) is 0 Å². The third-order valence-corrected chi connectivity index (χ3v) is 4.26. The van der Waals surface area contributed by atoms with Crippen LogP contribution in [0.2, 0.25) is 5.02 Å². The van der Waals surface area contributed by atoms with Crippen molar-refractivity contribution in [3.05, 3.63) is 27.7 Å². The second-order valence-electron chi connectivity index (χ2n) is 4.36. The van der Waals surface area contributed by atoms with Crippen LogP contribution in [0.15, 0.2) is 22.7 Å². The van der Waals surface area contributed by atoms with Crippen molar-refractivity contribution in [1.82, 2.24) is 5.32 Å². The quantitative estimate of drug-likeness (QED) is 0.880. The maximum absolute atomic E-state index is 12.0. The van der Waals surface area contributed by atoms with Crippen molar-refractivity contribution in [2.24, 2.45) is 11.8 Å². The van der Waals surface area contributed by atoms with E-state index in [9.17, 15) is 4.79 Å². The summed E-state index contributed by atoms with van der Waals surface area (Å²) in [4.78, 5) is 12.0. The van der Waals surface area contributed by atoms with Gasteiger partial charge in [-0.2, -0.15) is 0 Å². The lowest BCUT2D eigenvalue weighted by atomic mass is 9.97. The molecule has 0 radical (unpaired) electrons. The number of rotatable bonds is 2. The molecule has 0 aliphatic carbocycles. The summed E-state index contributed by atoms with van der Waals surface area (Å²) in [5, 5.41) is 6.77. The van der Waals surface area contributed by atoms with E-state index >= 15 is 0 Å².